The number of likely N-dealkylation sites (N-methyl/N-ethyl adjacent to an activating group) is 1. The highest BCUT2D eigenvalue weighted by Gasteiger charge is 2.61. The molecule has 3 fully saturated rings. The normalized spacial score (nSPS) is 37.7. The third-order valence-electron chi connectivity index (χ3n) is 12.4. The summed E-state index contributed by atoms with van der Waals surface area (Å²) in [5.74, 6) is -5.94. The maximum absolute atomic E-state index is 16.9. The van der Waals surface area contributed by atoms with E-state index in [1.54, 1.807) is 69.9 Å². The molecule has 16 nitrogen and oxygen atoms in total. The Morgan fingerprint density at radius 1 is 1.03 bits per heavy atom. The van der Waals surface area contributed by atoms with Crippen molar-refractivity contribution in [1.82, 2.24) is 29.8 Å². The van der Waals surface area contributed by atoms with E-state index in [0.717, 1.165) is 6.92 Å². The smallest absolute Gasteiger partial charge is 0.411 e. The largest absolute Gasteiger partial charge is 0.455 e. The molecule has 3 aliphatic heterocycles. The molecule has 5 rings (SSSR count). The molecule has 1 amide bonds. The van der Waals surface area contributed by atoms with Crippen molar-refractivity contribution in [2.24, 2.45) is 17.8 Å². The first-order valence-electron chi connectivity index (χ1n) is 20.3. The van der Waals surface area contributed by atoms with Gasteiger partial charge in [0.15, 0.2) is 17.7 Å². The molecule has 3 unspecified atom stereocenters. The van der Waals surface area contributed by atoms with Crippen LogP contribution in [-0.2, 0) is 44.6 Å². The number of carbonyl (C=O) groups excluding carboxylic acids is 4. The van der Waals surface area contributed by atoms with Crippen LogP contribution < -0.4 is 0 Å². The molecule has 0 spiro atoms. The lowest BCUT2D eigenvalue weighted by atomic mass is 9.73. The number of ketones is 2. The van der Waals surface area contributed by atoms with Gasteiger partial charge in [-0.1, -0.05) is 51.1 Å². The number of pyridine rings is 1. The second-order valence-electron chi connectivity index (χ2n) is 17.1. The Morgan fingerprint density at radius 3 is 2.36 bits per heavy atom. The van der Waals surface area contributed by atoms with Gasteiger partial charge in [-0.05, 0) is 73.2 Å². The number of carbonyl (C=O) groups is 4. The third-order valence-corrected chi connectivity index (χ3v) is 12.4. The molecule has 326 valence electrons. The Hall–Kier alpha value is -4.16. The molecule has 0 aliphatic carbocycles. The van der Waals surface area contributed by atoms with Crippen LogP contribution in [-0.4, -0.2) is 146 Å². The fourth-order valence-corrected chi connectivity index (χ4v) is 9.06. The standard InChI is InChI=1S/C42H61FN6O10/c1-12-31-42(8)34(49(39(54)59-42)20-16-15-19-48-23-29(45-46-48)28-17-13-14-18-44-28)26(4)32(50)24(2)22-40(6,55-11)36(27(5)35(52)41(7,43)38(53)57-31)58-37-33(51)30(47(9)10)21-25(3)56-37/h13-18,23-27,30-31,33-34,36-37,51H,12,19-22H2,1-11H3/b16-15+/t24-,25?,26+,27+,30?,31-,33?,34-,36-,37+,40-,41+,42-/m1/s1. The zero-order valence-electron chi connectivity index (χ0n) is 36.0. The van der Waals surface area contributed by atoms with Gasteiger partial charge < -0.3 is 33.7 Å². The molecule has 3 aliphatic rings. The molecule has 5 heterocycles. The minimum absolute atomic E-state index is 0.00980. The van der Waals surface area contributed by atoms with Gasteiger partial charge in [0.05, 0.1) is 42.3 Å². The van der Waals surface area contributed by atoms with Crippen molar-refractivity contribution in [3.63, 3.8) is 0 Å². The van der Waals surface area contributed by atoms with Gasteiger partial charge in [0.2, 0.25) is 0 Å². The molecule has 17 heteroatoms. The molecular weight excluding hydrogens is 767 g/mol. The van der Waals surface area contributed by atoms with Crippen LogP contribution in [0.25, 0.3) is 11.4 Å². The number of esters is 1. The van der Waals surface area contributed by atoms with Crippen LogP contribution in [0.1, 0.15) is 74.7 Å². The first kappa shape index (κ1) is 45.9. The summed E-state index contributed by atoms with van der Waals surface area (Å²) in [4.78, 5) is 64.1. The van der Waals surface area contributed by atoms with Gasteiger partial charge in [0, 0.05) is 43.6 Å². The van der Waals surface area contributed by atoms with E-state index in [4.69, 9.17) is 23.7 Å². The van der Waals surface area contributed by atoms with Crippen LogP contribution in [0.15, 0.2) is 42.7 Å². The average molecular weight is 829 g/mol. The van der Waals surface area contributed by atoms with Gasteiger partial charge >= 0.3 is 12.1 Å². The van der Waals surface area contributed by atoms with E-state index in [1.807, 2.05) is 38.1 Å². The van der Waals surface area contributed by atoms with E-state index in [-0.39, 0.29) is 37.3 Å². The summed E-state index contributed by atoms with van der Waals surface area (Å²) in [6, 6.07) is 4.12. The van der Waals surface area contributed by atoms with Crippen molar-refractivity contribution >= 4 is 23.6 Å². The van der Waals surface area contributed by atoms with Crippen molar-refractivity contribution in [2.45, 2.75) is 141 Å². The van der Waals surface area contributed by atoms with Gasteiger partial charge in [0.1, 0.15) is 23.7 Å². The lowest BCUT2D eigenvalue weighted by Gasteiger charge is -2.47. The van der Waals surface area contributed by atoms with Gasteiger partial charge in [-0.3, -0.25) is 19.5 Å². The maximum Gasteiger partial charge on any atom is 0.411 e. The number of nitrogens with zero attached hydrogens (tertiary/aromatic N) is 6. The summed E-state index contributed by atoms with van der Waals surface area (Å²) in [7, 11) is 5.03. The minimum atomic E-state index is -3.19. The molecule has 0 bridgehead atoms. The lowest BCUT2D eigenvalue weighted by molar-refractivity contribution is -0.295. The molecule has 0 saturated carbocycles. The van der Waals surface area contributed by atoms with Gasteiger partial charge in [0.25, 0.3) is 5.67 Å². The van der Waals surface area contributed by atoms with Crippen molar-refractivity contribution in [1.29, 1.82) is 0 Å². The van der Waals surface area contributed by atoms with E-state index in [1.165, 1.54) is 18.9 Å². The Balaban J connectivity index is 1.49. The molecule has 2 aromatic rings. The van der Waals surface area contributed by atoms with Crippen molar-refractivity contribution < 1.29 is 52.4 Å². The Bertz CT molecular complexity index is 1840. The highest BCUT2D eigenvalue weighted by atomic mass is 19.1. The van der Waals surface area contributed by atoms with E-state index in [0.29, 0.717) is 24.4 Å². The number of aliphatic hydroxyl groups is 1. The second kappa shape index (κ2) is 18.2. The Kier molecular flexibility index (Phi) is 14.2. The monoisotopic (exact) mass is 828 g/mol. The second-order valence-corrected chi connectivity index (χ2v) is 17.1. The summed E-state index contributed by atoms with van der Waals surface area (Å²) in [5, 5.41) is 19.8. The third kappa shape index (κ3) is 9.28. The van der Waals surface area contributed by atoms with E-state index in [2.05, 4.69) is 15.3 Å². The molecule has 59 heavy (non-hydrogen) atoms. The fourth-order valence-electron chi connectivity index (χ4n) is 9.06. The van der Waals surface area contributed by atoms with Crippen LogP contribution in [0, 0.1) is 17.8 Å². The van der Waals surface area contributed by atoms with Crippen molar-refractivity contribution in [2.75, 3.05) is 27.7 Å². The topological polar surface area (TPSA) is 185 Å². The zero-order valence-corrected chi connectivity index (χ0v) is 36.0. The molecular formula is C42H61FN6O10. The highest BCUT2D eigenvalue weighted by molar-refractivity contribution is 6.08. The zero-order chi connectivity index (χ0) is 43.6. The number of cyclic esters (lactones) is 1. The number of rotatable bonds is 10. The number of fused-ring (bicyclic) bond motifs is 1. The number of amides is 1. The number of halogens is 1. The Labute approximate surface area is 345 Å². The van der Waals surface area contributed by atoms with Gasteiger partial charge in [-0.2, -0.15) is 0 Å². The van der Waals surface area contributed by atoms with Crippen LogP contribution >= 0.6 is 0 Å². The molecule has 0 aromatic carbocycles. The fraction of sp³-hybridized carbons (Fsp3) is 0.690. The van der Waals surface area contributed by atoms with E-state index in [9.17, 15) is 24.3 Å². The number of Topliss-reactive ketones (excluding diaryl/α,β-unsaturated/α-hetero) is 2. The minimum Gasteiger partial charge on any atom is -0.455 e. The summed E-state index contributed by atoms with van der Waals surface area (Å²) >= 11 is 0. The maximum atomic E-state index is 16.9. The molecule has 3 saturated heterocycles. The number of methoxy groups -OCH3 is 1. The van der Waals surface area contributed by atoms with E-state index < -0.39 is 83.1 Å². The van der Waals surface area contributed by atoms with E-state index >= 15 is 4.39 Å². The summed E-state index contributed by atoms with van der Waals surface area (Å²) in [6.07, 6.45) is 1.36. The number of allylic oxidation sites excluding steroid dienone is 1. The van der Waals surface area contributed by atoms with Crippen molar-refractivity contribution in [3.05, 3.63) is 42.7 Å². The number of ether oxygens (including phenoxy) is 5. The predicted molar refractivity (Wildman–Crippen MR) is 212 cm³/mol. The van der Waals surface area contributed by atoms with Crippen LogP contribution in [0.4, 0.5) is 9.18 Å². The molecule has 0 radical (unpaired) electrons. The number of aromatic nitrogens is 4. The quantitative estimate of drug-likeness (QED) is 0.204. The molecule has 13 atom stereocenters. The van der Waals surface area contributed by atoms with Crippen LogP contribution in [0.2, 0.25) is 0 Å². The van der Waals surface area contributed by atoms with Crippen LogP contribution in [0.3, 0.4) is 0 Å². The first-order valence-corrected chi connectivity index (χ1v) is 20.3. The lowest BCUT2D eigenvalue weighted by Crippen LogP contribution is -2.61. The van der Waals surface area contributed by atoms with Gasteiger partial charge in [-0.25, -0.2) is 18.7 Å². The number of hydrogen-bond donors (Lipinski definition) is 1. The Morgan fingerprint density at radius 2 is 1.73 bits per heavy atom. The SMILES string of the molecule is CC[C@H]1OC(=O)[C@@](C)(F)C(=O)[C@H](C)[C@@H](O[C@@H]2OC(C)CC(N(C)C)C2O)[C@](C)(OC)C[C@@H](C)C(=O)[C@H](C)[C@H]2N(C/C=C/Cn3cc(-c4ccccn4)nn3)C(=O)O[C@]12C. The number of aliphatic hydroxyl groups excluding tert-OH is 1. The summed E-state index contributed by atoms with van der Waals surface area (Å²) in [5.41, 5.74) is -5.04. The first-order chi connectivity index (χ1) is 27.7. The highest BCUT2D eigenvalue weighted by Crippen LogP contribution is 2.43. The predicted octanol–water partition coefficient (Wildman–Crippen LogP) is 4.19. The number of alkyl halides is 1. The molecule has 1 N–H and O–H groups in total. The van der Waals surface area contributed by atoms with Gasteiger partial charge in [-0.15, -0.1) is 5.10 Å². The summed E-state index contributed by atoms with van der Waals surface area (Å²) in [6.45, 7) is 12.7. The van der Waals surface area contributed by atoms with Crippen molar-refractivity contribution in [3.8, 4) is 11.4 Å². The molecule has 2 aromatic heterocycles. The average Bonchev–Trinajstić information content (AvgIpc) is 3.78. The number of hydrogen-bond acceptors (Lipinski definition) is 14. The van der Waals surface area contributed by atoms with Crippen LogP contribution in [0.5, 0.6) is 0 Å². The summed E-state index contributed by atoms with van der Waals surface area (Å²) < 4.78 is 49.0.